The summed E-state index contributed by atoms with van der Waals surface area (Å²) >= 11 is 9.23. The van der Waals surface area contributed by atoms with E-state index in [4.69, 9.17) is 16.7 Å². The molecule has 1 aromatic carbocycles. The summed E-state index contributed by atoms with van der Waals surface area (Å²) < 4.78 is 12.9. The molecule has 64 valence electrons. The first-order valence-electron chi connectivity index (χ1n) is 2.93. The zero-order chi connectivity index (χ0) is 9.30. The number of carboxylic acid groups (broad SMARTS) is 1. The molecule has 0 unspecified atom stereocenters. The van der Waals surface area contributed by atoms with Crippen molar-refractivity contribution in [1.29, 1.82) is 0 Å². The van der Waals surface area contributed by atoms with Gasteiger partial charge in [0.25, 0.3) is 0 Å². The number of benzene rings is 1. The molecule has 0 atom stereocenters. The number of aromatic carboxylic acids is 1. The highest BCUT2D eigenvalue weighted by Crippen LogP contribution is 2.22. The fraction of sp³-hybridized carbons (Fsp3) is 0. The average molecular weight is 207 g/mol. The normalized spacial score (nSPS) is 9.92. The molecule has 1 rings (SSSR count). The van der Waals surface area contributed by atoms with Crippen LogP contribution in [0.15, 0.2) is 17.0 Å². The molecule has 1 aromatic rings. The lowest BCUT2D eigenvalue weighted by Crippen LogP contribution is -2.00. The first-order chi connectivity index (χ1) is 5.52. The van der Waals surface area contributed by atoms with E-state index in [1.807, 2.05) is 0 Å². The third-order valence-electron chi connectivity index (χ3n) is 1.24. The van der Waals surface area contributed by atoms with Crippen LogP contribution in [0.4, 0.5) is 4.39 Å². The second-order valence-corrected chi connectivity index (χ2v) is 3.02. The van der Waals surface area contributed by atoms with Crippen LogP contribution in [0.2, 0.25) is 5.02 Å². The van der Waals surface area contributed by atoms with Gasteiger partial charge in [-0.1, -0.05) is 11.6 Å². The second-order valence-electron chi connectivity index (χ2n) is 2.09. The molecule has 0 saturated carbocycles. The smallest absolute Gasteiger partial charge is 0.338 e. The van der Waals surface area contributed by atoms with Crippen molar-refractivity contribution in [2.24, 2.45) is 0 Å². The fourth-order valence-corrected chi connectivity index (χ4v) is 1.28. The standard InChI is InChI=1S/C7H4ClFO2S/c8-5-2-3(12)1-4(6(5)9)7(10)11/h1-2,12H,(H,10,11). The van der Waals surface area contributed by atoms with Gasteiger partial charge < -0.3 is 5.11 Å². The molecule has 0 radical (unpaired) electrons. The van der Waals surface area contributed by atoms with E-state index in [9.17, 15) is 9.18 Å². The van der Waals surface area contributed by atoms with Gasteiger partial charge >= 0.3 is 5.97 Å². The van der Waals surface area contributed by atoms with Crippen molar-refractivity contribution in [3.05, 3.63) is 28.5 Å². The summed E-state index contributed by atoms with van der Waals surface area (Å²) in [5.74, 6) is -2.28. The quantitative estimate of drug-likeness (QED) is 0.693. The van der Waals surface area contributed by atoms with Gasteiger partial charge in [0.1, 0.15) is 0 Å². The van der Waals surface area contributed by atoms with Crippen LogP contribution in [-0.4, -0.2) is 11.1 Å². The molecular formula is C7H4ClFO2S. The number of hydrogen-bond donors (Lipinski definition) is 2. The minimum absolute atomic E-state index is 0.236. The Bertz CT molecular complexity index is 340. The van der Waals surface area contributed by atoms with Crippen molar-refractivity contribution in [2.75, 3.05) is 0 Å². The van der Waals surface area contributed by atoms with Crippen molar-refractivity contribution in [3.63, 3.8) is 0 Å². The lowest BCUT2D eigenvalue weighted by molar-refractivity contribution is 0.0691. The zero-order valence-electron chi connectivity index (χ0n) is 5.71. The van der Waals surface area contributed by atoms with Gasteiger partial charge in [-0.3, -0.25) is 0 Å². The van der Waals surface area contributed by atoms with Crippen LogP contribution >= 0.6 is 24.2 Å². The Morgan fingerprint density at radius 2 is 2.17 bits per heavy atom. The molecule has 0 heterocycles. The molecule has 0 amide bonds. The number of thiol groups is 1. The molecule has 0 spiro atoms. The largest absolute Gasteiger partial charge is 0.478 e. The SMILES string of the molecule is O=C(O)c1cc(S)cc(Cl)c1F. The molecule has 12 heavy (non-hydrogen) atoms. The Morgan fingerprint density at radius 3 is 2.67 bits per heavy atom. The molecule has 0 aliphatic heterocycles. The van der Waals surface area contributed by atoms with Crippen LogP contribution < -0.4 is 0 Å². The summed E-state index contributed by atoms with van der Waals surface area (Å²) in [6, 6.07) is 2.35. The second kappa shape index (κ2) is 3.33. The van der Waals surface area contributed by atoms with E-state index in [0.717, 1.165) is 6.07 Å². The van der Waals surface area contributed by atoms with Gasteiger partial charge in [0.2, 0.25) is 0 Å². The van der Waals surface area contributed by atoms with Crippen LogP contribution in [0.25, 0.3) is 0 Å². The first kappa shape index (κ1) is 9.35. The third-order valence-corrected chi connectivity index (χ3v) is 1.78. The van der Waals surface area contributed by atoms with E-state index in [1.165, 1.54) is 6.07 Å². The molecule has 0 aromatic heterocycles. The molecule has 2 nitrogen and oxygen atoms in total. The van der Waals surface area contributed by atoms with Crippen LogP contribution in [0, 0.1) is 5.82 Å². The Labute approximate surface area is 78.4 Å². The Kier molecular flexibility index (Phi) is 2.59. The zero-order valence-corrected chi connectivity index (χ0v) is 7.36. The highest BCUT2D eigenvalue weighted by Gasteiger charge is 2.13. The van der Waals surface area contributed by atoms with E-state index >= 15 is 0 Å². The topological polar surface area (TPSA) is 37.3 Å². The number of halogens is 2. The van der Waals surface area contributed by atoms with Crippen molar-refractivity contribution < 1.29 is 14.3 Å². The monoisotopic (exact) mass is 206 g/mol. The summed E-state index contributed by atoms with van der Waals surface area (Å²) in [5.41, 5.74) is -0.465. The van der Waals surface area contributed by atoms with E-state index in [2.05, 4.69) is 12.6 Å². The van der Waals surface area contributed by atoms with Gasteiger partial charge in [-0.25, -0.2) is 9.18 Å². The molecular weight excluding hydrogens is 203 g/mol. The minimum Gasteiger partial charge on any atom is -0.478 e. The van der Waals surface area contributed by atoms with Gasteiger partial charge in [-0.05, 0) is 12.1 Å². The van der Waals surface area contributed by atoms with Crippen molar-refractivity contribution in [1.82, 2.24) is 0 Å². The lowest BCUT2D eigenvalue weighted by atomic mass is 10.2. The van der Waals surface area contributed by atoms with Crippen molar-refractivity contribution in [2.45, 2.75) is 4.90 Å². The third kappa shape index (κ3) is 1.70. The highest BCUT2D eigenvalue weighted by molar-refractivity contribution is 7.80. The number of carboxylic acids is 1. The summed E-state index contributed by atoms with van der Waals surface area (Å²) in [4.78, 5) is 10.7. The fourth-order valence-electron chi connectivity index (χ4n) is 0.730. The molecule has 0 saturated heterocycles. The van der Waals surface area contributed by atoms with Crippen molar-refractivity contribution in [3.8, 4) is 0 Å². The summed E-state index contributed by atoms with van der Waals surface area (Å²) in [5, 5.41) is 8.25. The molecule has 5 heteroatoms. The number of hydrogen-bond acceptors (Lipinski definition) is 2. The minimum atomic E-state index is -1.36. The van der Waals surface area contributed by atoms with Gasteiger partial charge in [0, 0.05) is 4.90 Å². The molecule has 0 bridgehead atoms. The maximum absolute atomic E-state index is 12.9. The molecule has 1 N–H and O–H groups in total. The van der Waals surface area contributed by atoms with Crippen molar-refractivity contribution >= 4 is 30.2 Å². The molecule has 0 aliphatic carbocycles. The summed E-state index contributed by atoms with van der Waals surface area (Å²) in [7, 11) is 0. The van der Waals surface area contributed by atoms with Gasteiger partial charge in [-0.15, -0.1) is 12.6 Å². The van der Waals surface area contributed by atoms with E-state index in [-0.39, 0.29) is 5.02 Å². The molecule has 0 aliphatic rings. The summed E-state index contributed by atoms with van der Waals surface area (Å²) in [6.45, 7) is 0. The Balaban J connectivity index is 3.37. The van der Waals surface area contributed by atoms with Crippen LogP contribution in [0.3, 0.4) is 0 Å². The Hall–Kier alpha value is -0.740. The summed E-state index contributed by atoms with van der Waals surface area (Å²) in [6.07, 6.45) is 0. The van der Waals surface area contributed by atoms with Gasteiger partial charge in [-0.2, -0.15) is 0 Å². The van der Waals surface area contributed by atoms with Gasteiger partial charge in [0.15, 0.2) is 5.82 Å². The van der Waals surface area contributed by atoms with Crippen LogP contribution in [0.5, 0.6) is 0 Å². The van der Waals surface area contributed by atoms with Crippen LogP contribution in [-0.2, 0) is 0 Å². The number of carbonyl (C=O) groups is 1. The number of rotatable bonds is 1. The van der Waals surface area contributed by atoms with E-state index < -0.39 is 17.3 Å². The maximum Gasteiger partial charge on any atom is 0.338 e. The van der Waals surface area contributed by atoms with E-state index in [0.29, 0.717) is 4.90 Å². The highest BCUT2D eigenvalue weighted by atomic mass is 35.5. The van der Waals surface area contributed by atoms with Crippen LogP contribution in [0.1, 0.15) is 10.4 Å². The predicted octanol–water partition coefficient (Wildman–Crippen LogP) is 2.47. The predicted molar refractivity (Wildman–Crippen MR) is 45.6 cm³/mol. The maximum atomic E-state index is 12.9. The first-order valence-corrected chi connectivity index (χ1v) is 3.76. The average Bonchev–Trinajstić information content (AvgIpc) is 1.96. The lowest BCUT2D eigenvalue weighted by Gasteiger charge is -2.00. The molecule has 0 fully saturated rings. The van der Waals surface area contributed by atoms with E-state index in [1.54, 1.807) is 0 Å². The van der Waals surface area contributed by atoms with Gasteiger partial charge in [0.05, 0.1) is 10.6 Å². The Morgan fingerprint density at radius 1 is 1.58 bits per heavy atom.